The monoisotopic (exact) mass is 391 g/mol. The van der Waals surface area contributed by atoms with Gasteiger partial charge in [0.15, 0.2) is 5.13 Å². The Morgan fingerprint density at radius 1 is 1.41 bits per heavy atom. The van der Waals surface area contributed by atoms with Crippen LogP contribution in [0.1, 0.15) is 10.6 Å². The fourth-order valence-corrected chi connectivity index (χ4v) is 3.71. The lowest BCUT2D eigenvalue weighted by molar-refractivity contribution is -0.384. The van der Waals surface area contributed by atoms with Crippen molar-refractivity contribution in [2.24, 2.45) is 0 Å². The van der Waals surface area contributed by atoms with Crippen LogP contribution in [0.2, 0.25) is 0 Å². The number of carbonyl (C=O) groups is 2. The number of anilines is 2. The average molecular weight is 391 g/mol. The van der Waals surface area contributed by atoms with Crippen LogP contribution in [0.15, 0.2) is 24.3 Å². The summed E-state index contributed by atoms with van der Waals surface area (Å²) in [5.41, 5.74) is 1.21. The van der Waals surface area contributed by atoms with Crippen LogP contribution in [0.3, 0.4) is 0 Å². The van der Waals surface area contributed by atoms with E-state index in [1.807, 2.05) is 4.90 Å². The molecule has 2 amide bonds. The number of nitrogens with one attached hydrogen (secondary N) is 2. The number of thiazole rings is 1. The van der Waals surface area contributed by atoms with Crippen LogP contribution in [-0.2, 0) is 22.5 Å². The highest BCUT2D eigenvalue weighted by molar-refractivity contribution is 7.15. The minimum absolute atomic E-state index is 0.0780. The Bertz CT molecular complexity index is 884. The van der Waals surface area contributed by atoms with Gasteiger partial charge in [0, 0.05) is 42.2 Å². The number of aromatic nitrogens is 1. The number of benzene rings is 1. The number of methoxy groups -OCH3 is 1. The number of nitro benzene ring substituents is 1. The topological polar surface area (TPSA) is 127 Å². The van der Waals surface area contributed by atoms with Gasteiger partial charge in [0.1, 0.15) is 0 Å². The van der Waals surface area contributed by atoms with Gasteiger partial charge in [0.2, 0.25) is 5.91 Å². The van der Waals surface area contributed by atoms with Crippen LogP contribution in [0.25, 0.3) is 0 Å². The van der Waals surface area contributed by atoms with E-state index in [1.54, 1.807) is 6.07 Å². The van der Waals surface area contributed by atoms with Crippen LogP contribution in [-0.4, -0.2) is 47.0 Å². The van der Waals surface area contributed by atoms with Gasteiger partial charge < -0.3 is 10.1 Å². The molecule has 10 nitrogen and oxygen atoms in total. The summed E-state index contributed by atoms with van der Waals surface area (Å²) in [6.07, 6.45) is 0.0907. The number of ether oxygens (including phenoxy) is 1. The Hall–Kier alpha value is -3.05. The van der Waals surface area contributed by atoms with Crippen molar-refractivity contribution in [3.05, 3.63) is 45.0 Å². The summed E-state index contributed by atoms with van der Waals surface area (Å²) < 4.78 is 4.55. The van der Waals surface area contributed by atoms with Crippen LogP contribution < -0.4 is 10.6 Å². The molecule has 2 N–H and O–H groups in total. The van der Waals surface area contributed by atoms with Crippen molar-refractivity contribution < 1.29 is 19.2 Å². The molecule has 0 atom stereocenters. The van der Waals surface area contributed by atoms with Gasteiger partial charge in [-0.2, -0.15) is 0 Å². The van der Waals surface area contributed by atoms with Crippen molar-refractivity contribution in [2.75, 3.05) is 30.8 Å². The molecule has 27 heavy (non-hydrogen) atoms. The maximum Gasteiger partial charge on any atom is 0.413 e. The van der Waals surface area contributed by atoms with Crippen molar-refractivity contribution in [2.45, 2.75) is 13.0 Å². The van der Waals surface area contributed by atoms with Gasteiger partial charge >= 0.3 is 6.09 Å². The molecule has 3 rings (SSSR count). The number of hydrogen-bond acceptors (Lipinski definition) is 8. The molecule has 142 valence electrons. The zero-order valence-electron chi connectivity index (χ0n) is 14.4. The SMILES string of the molecule is COC(=O)Nc1nc2c(s1)CN(CC(=O)Nc1cccc([N+](=O)[O-])c1)CC2. The van der Waals surface area contributed by atoms with Crippen molar-refractivity contribution >= 4 is 39.8 Å². The molecule has 0 aliphatic carbocycles. The summed E-state index contributed by atoms with van der Waals surface area (Å²) in [6, 6.07) is 5.81. The molecule has 0 unspecified atom stereocenters. The zero-order chi connectivity index (χ0) is 19.4. The summed E-state index contributed by atoms with van der Waals surface area (Å²) in [5.74, 6) is -0.253. The van der Waals surface area contributed by atoms with E-state index in [0.29, 0.717) is 30.3 Å². The lowest BCUT2D eigenvalue weighted by atomic mass is 10.2. The van der Waals surface area contributed by atoms with Crippen LogP contribution >= 0.6 is 11.3 Å². The van der Waals surface area contributed by atoms with E-state index in [1.165, 1.54) is 36.6 Å². The maximum atomic E-state index is 12.3. The molecule has 11 heteroatoms. The number of amides is 2. The summed E-state index contributed by atoms with van der Waals surface area (Å²) in [4.78, 5) is 41.1. The first-order valence-corrected chi connectivity index (χ1v) is 8.86. The molecule has 0 bridgehead atoms. The number of nitro groups is 1. The normalized spacial score (nSPS) is 13.5. The molecule has 2 heterocycles. The van der Waals surface area contributed by atoms with Gasteiger partial charge in [0.25, 0.3) is 5.69 Å². The highest BCUT2D eigenvalue weighted by atomic mass is 32.1. The number of hydrogen-bond donors (Lipinski definition) is 2. The lowest BCUT2D eigenvalue weighted by Gasteiger charge is -2.25. The van der Waals surface area contributed by atoms with Crippen molar-refractivity contribution in [1.29, 1.82) is 0 Å². The standard InChI is InChI=1S/C16H17N5O5S/c1-26-16(23)19-15-18-12-5-6-20(8-13(12)27-15)9-14(22)17-10-3-2-4-11(7-10)21(24)25/h2-4,7H,5-6,8-9H2,1H3,(H,17,22)(H,18,19,23). The summed E-state index contributed by atoms with van der Waals surface area (Å²) in [6.45, 7) is 1.34. The number of rotatable bonds is 5. The quantitative estimate of drug-likeness (QED) is 0.591. The molecule has 0 fully saturated rings. The van der Waals surface area contributed by atoms with E-state index in [4.69, 9.17) is 0 Å². The number of non-ortho nitro benzene ring substituents is 1. The number of carbonyl (C=O) groups excluding carboxylic acids is 2. The Balaban J connectivity index is 1.58. The second kappa shape index (κ2) is 8.10. The summed E-state index contributed by atoms with van der Waals surface area (Å²) >= 11 is 1.35. The molecule has 0 saturated carbocycles. The second-order valence-corrected chi connectivity index (χ2v) is 6.91. The maximum absolute atomic E-state index is 12.3. The minimum atomic E-state index is -0.575. The fourth-order valence-electron chi connectivity index (χ4n) is 2.68. The fraction of sp³-hybridized carbons (Fsp3) is 0.312. The molecule has 1 aliphatic rings. The number of fused-ring (bicyclic) bond motifs is 1. The van der Waals surface area contributed by atoms with E-state index < -0.39 is 11.0 Å². The smallest absolute Gasteiger partial charge is 0.413 e. The molecular weight excluding hydrogens is 374 g/mol. The van der Waals surface area contributed by atoms with E-state index in [2.05, 4.69) is 20.4 Å². The number of nitrogens with zero attached hydrogens (tertiary/aromatic N) is 3. The largest absolute Gasteiger partial charge is 0.453 e. The Morgan fingerprint density at radius 2 is 2.22 bits per heavy atom. The molecule has 0 radical (unpaired) electrons. The molecule has 1 aromatic heterocycles. The van der Waals surface area contributed by atoms with E-state index in [0.717, 1.165) is 10.6 Å². The molecule has 1 aromatic carbocycles. The van der Waals surface area contributed by atoms with E-state index >= 15 is 0 Å². The average Bonchev–Trinajstić information content (AvgIpc) is 3.03. The first kappa shape index (κ1) is 18.7. The summed E-state index contributed by atoms with van der Waals surface area (Å²) in [5, 5.41) is 16.5. The van der Waals surface area contributed by atoms with Gasteiger partial charge in [0.05, 0.1) is 24.3 Å². The molecule has 0 spiro atoms. The summed E-state index contributed by atoms with van der Waals surface area (Å²) in [7, 11) is 1.28. The molecule has 2 aromatic rings. The third-order valence-corrected chi connectivity index (χ3v) is 4.91. The molecular formula is C16H17N5O5S. The second-order valence-electron chi connectivity index (χ2n) is 5.82. The Morgan fingerprint density at radius 3 is 2.96 bits per heavy atom. The Labute approximate surface area is 158 Å². The first-order chi connectivity index (χ1) is 12.9. The minimum Gasteiger partial charge on any atom is -0.453 e. The predicted molar refractivity (Wildman–Crippen MR) is 98.8 cm³/mol. The van der Waals surface area contributed by atoms with Crippen LogP contribution in [0.5, 0.6) is 0 Å². The van der Waals surface area contributed by atoms with E-state index in [9.17, 15) is 19.7 Å². The third-order valence-electron chi connectivity index (χ3n) is 3.91. The van der Waals surface area contributed by atoms with Crippen molar-refractivity contribution in [3.8, 4) is 0 Å². The van der Waals surface area contributed by atoms with Gasteiger partial charge in [-0.05, 0) is 6.07 Å². The van der Waals surface area contributed by atoms with Gasteiger partial charge in [-0.1, -0.05) is 17.4 Å². The van der Waals surface area contributed by atoms with Gasteiger partial charge in [-0.3, -0.25) is 25.1 Å². The zero-order valence-corrected chi connectivity index (χ0v) is 15.2. The Kier molecular flexibility index (Phi) is 5.62. The van der Waals surface area contributed by atoms with Crippen LogP contribution in [0.4, 0.5) is 21.3 Å². The first-order valence-electron chi connectivity index (χ1n) is 8.05. The molecule has 1 aliphatic heterocycles. The third kappa shape index (κ3) is 4.77. The predicted octanol–water partition coefficient (Wildman–Crippen LogP) is 2.23. The lowest BCUT2D eigenvalue weighted by Crippen LogP contribution is -2.36. The van der Waals surface area contributed by atoms with E-state index in [-0.39, 0.29) is 18.1 Å². The van der Waals surface area contributed by atoms with Gasteiger partial charge in [-0.15, -0.1) is 0 Å². The highest BCUT2D eigenvalue weighted by Gasteiger charge is 2.23. The van der Waals surface area contributed by atoms with Crippen molar-refractivity contribution in [1.82, 2.24) is 9.88 Å². The van der Waals surface area contributed by atoms with Gasteiger partial charge in [-0.25, -0.2) is 9.78 Å². The molecule has 0 saturated heterocycles. The van der Waals surface area contributed by atoms with Crippen LogP contribution in [0, 0.1) is 10.1 Å². The highest BCUT2D eigenvalue weighted by Crippen LogP contribution is 2.28. The van der Waals surface area contributed by atoms with Crippen molar-refractivity contribution in [3.63, 3.8) is 0 Å².